The van der Waals surface area contributed by atoms with Crippen molar-refractivity contribution in [3.8, 4) is 5.75 Å². The van der Waals surface area contributed by atoms with Crippen molar-refractivity contribution in [1.29, 1.82) is 0 Å². The molecular formula is C21H21FN2O3. The molecule has 1 aromatic carbocycles. The highest BCUT2D eigenvalue weighted by atomic mass is 19.1. The largest absolute Gasteiger partial charge is 0.486 e. The molecule has 5 nitrogen and oxygen atoms in total. The lowest BCUT2D eigenvalue weighted by molar-refractivity contribution is 0.0653. The minimum absolute atomic E-state index is 0.00159. The highest BCUT2D eigenvalue weighted by Gasteiger charge is 2.22. The lowest BCUT2D eigenvalue weighted by atomic mass is 10.2. The van der Waals surface area contributed by atoms with Gasteiger partial charge in [-0.15, -0.1) is 0 Å². The first-order valence-electron chi connectivity index (χ1n) is 8.70. The number of amides is 1. The predicted molar refractivity (Wildman–Crippen MR) is 98.7 cm³/mol. The highest BCUT2D eigenvalue weighted by molar-refractivity contribution is 5.91. The smallest absolute Gasteiger partial charge is 0.290 e. The molecule has 6 heteroatoms. The van der Waals surface area contributed by atoms with Crippen LogP contribution in [0.15, 0.2) is 65.3 Å². The van der Waals surface area contributed by atoms with Crippen LogP contribution in [0.25, 0.3) is 0 Å². The molecule has 0 unspecified atom stereocenters. The van der Waals surface area contributed by atoms with Crippen LogP contribution in [0.1, 0.15) is 35.7 Å². The first kappa shape index (κ1) is 18.6. The predicted octanol–water partition coefficient (Wildman–Crippen LogP) is 4.44. The fourth-order valence-electron chi connectivity index (χ4n) is 2.57. The van der Waals surface area contributed by atoms with Crippen molar-refractivity contribution in [2.24, 2.45) is 0 Å². The Hall–Kier alpha value is -3.15. The van der Waals surface area contributed by atoms with Crippen LogP contribution in [0.3, 0.4) is 0 Å². The Morgan fingerprint density at radius 2 is 1.96 bits per heavy atom. The van der Waals surface area contributed by atoms with E-state index in [0.717, 1.165) is 5.56 Å². The molecule has 0 fully saturated rings. The number of furan rings is 1. The molecule has 140 valence electrons. The van der Waals surface area contributed by atoms with Gasteiger partial charge in [-0.2, -0.15) is 0 Å². The molecule has 27 heavy (non-hydrogen) atoms. The quantitative estimate of drug-likeness (QED) is 0.618. The fourth-order valence-corrected chi connectivity index (χ4v) is 2.57. The van der Waals surface area contributed by atoms with Crippen LogP contribution in [0.4, 0.5) is 4.39 Å². The zero-order valence-electron chi connectivity index (χ0n) is 15.3. The van der Waals surface area contributed by atoms with E-state index in [0.29, 0.717) is 18.1 Å². The number of ether oxygens (including phenoxy) is 1. The third-order valence-electron chi connectivity index (χ3n) is 4.03. The minimum Gasteiger partial charge on any atom is -0.486 e. The zero-order chi connectivity index (χ0) is 19.2. The number of carbonyl (C=O) groups excluding carboxylic acids is 1. The first-order valence-corrected chi connectivity index (χ1v) is 8.70. The number of rotatable bonds is 7. The second-order valence-corrected chi connectivity index (χ2v) is 6.40. The number of hydrogen-bond donors (Lipinski definition) is 0. The molecule has 2 heterocycles. The normalized spacial score (nSPS) is 10.8. The molecule has 3 aromatic rings. The second-order valence-electron chi connectivity index (χ2n) is 6.40. The molecule has 0 aliphatic heterocycles. The van der Waals surface area contributed by atoms with E-state index in [9.17, 15) is 9.18 Å². The van der Waals surface area contributed by atoms with Crippen molar-refractivity contribution >= 4 is 5.91 Å². The number of nitrogens with zero attached hydrogens (tertiary/aromatic N) is 2. The Labute approximate surface area is 157 Å². The Balaban J connectivity index is 1.66. The van der Waals surface area contributed by atoms with Crippen LogP contribution in [-0.4, -0.2) is 21.8 Å². The van der Waals surface area contributed by atoms with Crippen molar-refractivity contribution in [2.45, 2.75) is 33.0 Å². The Bertz CT molecular complexity index is 876. The molecule has 2 aromatic heterocycles. The minimum atomic E-state index is -0.323. The van der Waals surface area contributed by atoms with E-state index in [2.05, 4.69) is 4.98 Å². The maximum Gasteiger partial charge on any atom is 0.290 e. The molecule has 1 amide bonds. The summed E-state index contributed by atoms with van der Waals surface area (Å²) in [5, 5.41) is 0. The third-order valence-corrected chi connectivity index (χ3v) is 4.03. The van der Waals surface area contributed by atoms with E-state index < -0.39 is 0 Å². The molecule has 0 saturated heterocycles. The van der Waals surface area contributed by atoms with Gasteiger partial charge < -0.3 is 14.1 Å². The lowest BCUT2D eigenvalue weighted by Crippen LogP contribution is -2.36. The summed E-state index contributed by atoms with van der Waals surface area (Å²) < 4.78 is 24.1. The Morgan fingerprint density at radius 3 is 2.63 bits per heavy atom. The van der Waals surface area contributed by atoms with Crippen LogP contribution in [-0.2, 0) is 13.2 Å². The van der Waals surface area contributed by atoms with E-state index in [-0.39, 0.29) is 30.1 Å². The van der Waals surface area contributed by atoms with E-state index in [4.69, 9.17) is 9.15 Å². The van der Waals surface area contributed by atoms with Crippen molar-refractivity contribution in [2.75, 3.05) is 0 Å². The summed E-state index contributed by atoms with van der Waals surface area (Å²) >= 11 is 0. The van der Waals surface area contributed by atoms with E-state index in [1.165, 1.54) is 12.1 Å². The molecule has 0 aliphatic carbocycles. The maximum atomic E-state index is 12.9. The topological polar surface area (TPSA) is 55.6 Å². The van der Waals surface area contributed by atoms with Gasteiger partial charge in [0.2, 0.25) is 0 Å². The summed E-state index contributed by atoms with van der Waals surface area (Å²) in [5.74, 6) is 0.789. The van der Waals surface area contributed by atoms with Crippen molar-refractivity contribution < 1.29 is 18.3 Å². The summed E-state index contributed by atoms with van der Waals surface area (Å²) in [6.07, 6.45) is 3.44. The average molecular weight is 368 g/mol. The molecule has 0 N–H and O–H groups in total. The SMILES string of the molecule is CC(C)N(Cc1cccnc1)C(=O)c1ccc(COc2ccc(F)cc2)o1. The van der Waals surface area contributed by atoms with Crippen molar-refractivity contribution in [1.82, 2.24) is 9.88 Å². The number of hydrogen-bond acceptors (Lipinski definition) is 4. The molecule has 0 bridgehead atoms. The van der Waals surface area contributed by atoms with Gasteiger partial charge in [0, 0.05) is 25.0 Å². The van der Waals surface area contributed by atoms with Crippen LogP contribution in [0, 0.1) is 5.82 Å². The molecule has 0 radical (unpaired) electrons. The molecule has 0 spiro atoms. The van der Waals surface area contributed by atoms with Gasteiger partial charge in [-0.3, -0.25) is 9.78 Å². The summed E-state index contributed by atoms with van der Waals surface area (Å²) in [4.78, 5) is 18.7. The summed E-state index contributed by atoms with van der Waals surface area (Å²) in [5.41, 5.74) is 0.950. The monoisotopic (exact) mass is 368 g/mol. The van der Waals surface area contributed by atoms with Gasteiger partial charge in [0.15, 0.2) is 5.76 Å². The standard InChI is InChI=1S/C21H21FN2O3/c1-15(2)24(13-16-4-3-11-23-12-16)21(25)20-10-9-19(27-20)14-26-18-7-5-17(22)6-8-18/h3-12,15H,13-14H2,1-2H3. The average Bonchev–Trinajstić information content (AvgIpc) is 3.15. The molecule has 0 saturated carbocycles. The van der Waals surface area contributed by atoms with Crippen molar-refractivity contribution in [3.05, 3.63) is 83.8 Å². The fraction of sp³-hybridized carbons (Fsp3) is 0.238. The van der Waals surface area contributed by atoms with Gasteiger partial charge >= 0.3 is 0 Å². The van der Waals surface area contributed by atoms with E-state index in [1.54, 1.807) is 41.6 Å². The molecule has 0 atom stereocenters. The number of benzene rings is 1. The Morgan fingerprint density at radius 1 is 1.19 bits per heavy atom. The van der Waals surface area contributed by atoms with Crippen LogP contribution in [0.2, 0.25) is 0 Å². The number of carbonyl (C=O) groups is 1. The van der Waals surface area contributed by atoms with Gasteiger partial charge in [0.1, 0.15) is 23.9 Å². The third kappa shape index (κ3) is 4.94. The lowest BCUT2D eigenvalue weighted by Gasteiger charge is -2.25. The zero-order valence-corrected chi connectivity index (χ0v) is 15.3. The maximum absolute atomic E-state index is 12.9. The van der Waals surface area contributed by atoms with Gasteiger partial charge in [-0.1, -0.05) is 6.07 Å². The van der Waals surface area contributed by atoms with Crippen LogP contribution >= 0.6 is 0 Å². The Kier molecular flexibility index (Phi) is 5.86. The van der Waals surface area contributed by atoms with Crippen LogP contribution in [0.5, 0.6) is 5.75 Å². The second kappa shape index (κ2) is 8.49. The van der Waals surface area contributed by atoms with Gasteiger partial charge in [0.25, 0.3) is 5.91 Å². The highest BCUT2D eigenvalue weighted by Crippen LogP contribution is 2.18. The van der Waals surface area contributed by atoms with Crippen LogP contribution < -0.4 is 4.74 Å². The van der Waals surface area contributed by atoms with Gasteiger partial charge in [-0.05, 0) is 61.9 Å². The molecule has 3 rings (SSSR count). The summed E-state index contributed by atoms with van der Waals surface area (Å²) in [7, 11) is 0. The molecular weight excluding hydrogens is 347 g/mol. The molecule has 0 aliphatic rings. The van der Waals surface area contributed by atoms with Gasteiger partial charge in [-0.25, -0.2) is 4.39 Å². The van der Waals surface area contributed by atoms with E-state index >= 15 is 0 Å². The number of pyridine rings is 1. The number of aromatic nitrogens is 1. The first-order chi connectivity index (χ1) is 13.0. The van der Waals surface area contributed by atoms with Crippen molar-refractivity contribution in [3.63, 3.8) is 0 Å². The van der Waals surface area contributed by atoms with E-state index in [1.807, 2.05) is 26.0 Å². The van der Waals surface area contributed by atoms with Gasteiger partial charge in [0.05, 0.1) is 0 Å². The summed E-state index contributed by atoms with van der Waals surface area (Å²) in [6, 6.07) is 12.9. The number of halogens is 1. The summed E-state index contributed by atoms with van der Waals surface area (Å²) in [6.45, 7) is 4.52.